The van der Waals surface area contributed by atoms with Gasteiger partial charge in [-0.3, -0.25) is 0 Å². The first-order valence-electron chi connectivity index (χ1n) is 6.07. The van der Waals surface area contributed by atoms with Crippen molar-refractivity contribution >= 4 is 21.7 Å². The van der Waals surface area contributed by atoms with Gasteiger partial charge >= 0.3 is 0 Å². The quantitative estimate of drug-likeness (QED) is 0.856. The molecule has 0 atom stereocenters. The molecule has 0 fully saturated rings. The number of nitrogens with zero attached hydrogens (tertiary/aromatic N) is 2. The van der Waals surface area contributed by atoms with Crippen molar-refractivity contribution in [3.8, 4) is 5.75 Å². The molecule has 0 bridgehead atoms. The highest BCUT2D eigenvalue weighted by Crippen LogP contribution is 2.27. The molecular formula is C15H17BrN2O. The van der Waals surface area contributed by atoms with Crippen LogP contribution in [-0.2, 0) is 6.54 Å². The van der Waals surface area contributed by atoms with Crippen molar-refractivity contribution in [2.75, 3.05) is 19.1 Å². The van der Waals surface area contributed by atoms with Gasteiger partial charge in [-0.05, 0) is 52.2 Å². The molecular weight excluding hydrogens is 304 g/mol. The first-order valence-corrected chi connectivity index (χ1v) is 6.86. The molecule has 0 amide bonds. The minimum absolute atomic E-state index is 0.784. The van der Waals surface area contributed by atoms with Gasteiger partial charge in [0, 0.05) is 19.8 Å². The lowest BCUT2D eigenvalue weighted by molar-refractivity contribution is 0.414. The maximum absolute atomic E-state index is 5.24. The van der Waals surface area contributed by atoms with Crippen molar-refractivity contribution in [1.82, 2.24) is 4.98 Å². The highest BCUT2D eigenvalue weighted by molar-refractivity contribution is 9.10. The Morgan fingerprint density at radius 2 is 2.11 bits per heavy atom. The molecule has 0 N–H and O–H groups in total. The summed E-state index contributed by atoms with van der Waals surface area (Å²) in [6.45, 7) is 2.85. The van der Waals surface area contributed by atoms with Crippen LogP contribution in [-0.4, -0.2) is 19.1 Å². The Balaban J connectivity index is 2.20. The van der Waals surface area contributed by atoms with E-state index in [4.69, 9.17) is 4.74 Å². The molecule has 2 rings (SSSR count). The lowest BCUT2D eigenvalue weighted by Crippen LogP contribution is -2.18. The molecule has 100 valence electrons. The van der Waals surface area contributed by atoms with Crippen LogP contribution in [0, 0.1) is 6.92 Å². The summed E-state index contributed by atoms with van der Waals surface area (Å²) in [6, 6.07) is 10.1. The van der Waals surface area contributed by atoms with Crippen LogP contribution in [0.4, 0.5) is 5.82 Å². The zero-order chi connectivity index (χ0) is 13.8. The Morgan fingerprint density at radius 3 is 2.84 bits per heavy atom. The van der Waals surface area contributed by atoms with Crippen LogP contribution in [0.3, 0.4) is 0 Å². The standard InChI is InChI=1S/C15H17BrN2O/c1-11-7-8-17-15(14(11)16)18(2)10-12-5-4-6-13(9-12)19-3/h4-9H,10H2,1-3H3. The zero-order valence-electron chi connectivity index (χ0n) is 11.4. The topological polar surface area (TPSA) is 25.4 Å². The first kappa shape index (κ1) is 13.9. The molecule has 0 aliphatic carbocycles. The fourth-order valence-corrected chi connectivity index (χ4v) is 2.45. The molecule has 3 nitrogen and oxygen atoms in total. The second-order valence-corrected chi connectivity index (χ2v) is 5.27. The number of rotatable bonds is 4. The Hall–Kier alpha value is -1.55. The Bertz CT molecular complexity index is 572. The summed E-state index contributed by atoms with van der Waals surface area (Å²) in [4.78, 5) is 6.54. The van der Waals surface area contributed by atoms with E-state index in [-0.39, 0.29) is 0 Å². The molecule has 0 spiro atoms. The van der Waals surface area contributed by atoms with Crippen LogP contribution in [0.25, 0.3) is 0 Å². The normalized spacial score (nSPS) is 10.3. The molecule has 0 unspecified atom stereocenters. The molecule has 1 aromatic heterocycles. The van der Waals surface area contributed by atoms with E-state index in [2.05, 4.69) is 38.8 Å². The van der Waals surface area contributed by atoms with Gasteiger partial charge in [-0.2, -0.15) is 0 Å². The second kappa shape index (κ2) is 6.06. The van der Waals surface area contributed by atoms with Gasteiger partial charge in [0.1, 0.15) is 11.6 Å². The van der Waals surface area contributed by atoms with Crippen LogP contribution in [0.2, 0.25) is 0 Å². The van der Waals surface area contributed by atoms with E-state index >= 15 is 0 Å². The van der Waals surface area contributed by atoms with E-state index in [0.717, 1.165) is 22.6 Å². The number of ether oxygens (including phenoxy) is 1. The number of aromatic nitrogens is 1. The summed E-state index contributed by atoms with van der Waals surface area (Å²) < 4.78 is 6.28. The highest BCUT2D eigenvalue weighted by atomic mass is 79.9. The van der Waals surface area contributed by atoms with E-state index in [1.807, 2.05) is 37.5 Å². The Morgan fingerprint density at radius 1 is 1.32 bits per heavy atom. The molecule has 0 radical (unpaired) electrons. The second-order valence-electron chi connectivity index (χ2n) is 4.47. The predicted octanol–water partition coefficient (Wildman–Crippen LogP) is 3.80. The van der Waals surface area contributed by atoms with Crippen molar-refractivity contribution < 1.29 is 4.74 Å². The van der Waals surface area contributed by atoms with Gasteiger partial charge in [0.05, 0.1) is 11.6 Å². The number of anilines is 1. The Labute approximate surface area is 122 Å². The van der Waals surface area contributed by atoms with E-state index < -0.39 is 0 Å². The fraction of sp³-hybridized carbons (Fsp3) is 0.267. The van der Waals surface area contributed by atoms with E-state index in [9.17, 15) is 0 Å². The monoisotopic (exact) mass is 320 g/mol. The molecule has 2 aromatic rings. The van der Waals surface area contributed by atoms with Gasteiger partial charge in [-0.1, -0.05) is 12.1 Å². The van der Waals surface area contributed by atoms with Crippen molar-refractivity contribution in [1.29, 1.82) is 0 Å². The minimum Gasteiger partial charge on any atom is -0.497 e. The predicted molar refractivity (Wildman–Crippen MR) is 81.8 cm³/mol. The number of hydrogen-bond acceptors (Lipinski definition) is 3. The smallest absolute Gasteiger partial charge is 0.143 e. The number of pyridine rings is 1. The molecule has 1 heterocycles. The Kier molecular flexibility index (Phi) is 4.43. The molecule has 0 aliphatic rings. The lowest BCUT2D eigenvalue weighted by atomic mass is 10.2. The number of halogens is 1. The molecule has 0 aliphatic heterocycles. The average molecular weight is 321 g/mol. The van der Waals surface area contributed by atoms with Gasteiger partial charge in [-0.15, -0.1) is 0 Å². The summed E-state index contributed by atoms with van der Waals surface area (Å²) >= 11 is 3.59. The van der Waals surface area contributed by atoms with Crippen molar-refractivity contribution in [2.45, 2.75) is 13.5 Å². The van der Waals surface area contributed by atoms with Crippen LogP contribution in [0.1, 0.15) is 11.1 Å². The largest absolute Gasteiger partial charge is 0.497 e. The fourth-order valence-electron chi connectivity index (χ4n) is 1.91. The van der Waals surface area contributed by atoms with E-state index in [1.165, 1.54) is 11.1 Å². The SMILES string of the molecule is COc1cccc(CN(C)c2nccc(C)c2Br)c1. The number of methoxy groups -OCH3 is 1. The maximum Gasteiger partial charge on any atom is 0.143 e. The van der Waals surface area contributed by atoms with E-state index in [0.29, 0.717) is 0 Å². The molecule has 19 heavy (non-hydrogen) atoms. The molecule has 1 aromatic carbocycles. The highest BCUT2D eigenvalue weighted by Gasteiger charge is 2.09. The third kappa shape index (κ3) is 3.26. The third-order valence-corrected chi connectivity index (χ3v) is 3.96. The first-order chi connectivity index (χ1) is 9.11. The number of hydrogen-bond donors (Lipinski definition) is 0. The zero-order valence-corrected chi connectivity index (χ0v) is 12.9. The van der Waals surface area contributed by atoms with Gasteiger partial charge in [0.25, 0.3) is 0 Å². The minimum atomic E-state index is 0.784. The summed E-state index contributed by atoms with van der Waals surface area (Å²) in [5, 5.41) is 0. The van der Waals surface area contributed by atoms with Crippen molar-refractivity contribution in [2.24, 2.45) is 0 Å². The van der Waals surface area contributed by atoms with Crippen LogP contribution in [0.5, 0.6) is 5.75 Å². The molecule has 0 saturated carbocycles. The number of benzene rings is 1. The van der Waals surface area contributed by atoms with Crippen LogP contribution < -0.4 is 9.64 Å². The molecule has 0 saturated heterocycles. The number of aryl methyl sites for hydroxylation is 1. The van der Waals surface area contributed by atoms with Gasteiger partial charge in [-0.25, -0.2) is 4.98 Å². The van der Waals surface area contributed by atoms with Crippen LogP contribution >= 0.6 is 15.9 Å². The lowest BCUT2D eigenvalue weighted by Gasteiger charge is -2.20. The average Bonchev–Trinajstić information content (AvgIpc) is 2.42. The van der Waals surface area contributed by atoms with E-state index in [1.54, 1.807) is 7.11 Å². The summed E-state index contributed by atoms with van der Waals surface area (Å²) in [7, 11) is 3.72. The third-order valence-electron chi connectivity index (χ3n) is 2.98. The molecule has 4 heteroatoms. The van der Waals surface area contributed by atoms with Crippen LogP contribution in [0.15, 0.2) is 41.0 Å². The van der Waals surface area contributed by atoms with Gasteiger partial charge in [0.2, 0.25) is 0 Å². The van der Waals surface area contributed by atoms with Gasteiger partial charge in [0.15, 0.2) is 0 Å². The summed E-state index contributed by atoms with van der Waals surface area (Å²) in [5.41, 5.74) is 2.37. The summed E-state index contributed by atoms with van der Waals surface area (Å²) in [6.07, 6.45) is 1.83. The summed E-state index contributed by atoms with van der Waals surface area (Å²) in [5.74, 6) is 1.82. The van der Waals surface area contributed by atoms with Crippen molar-refractivity contribution in [3.05, 3.63) is 52.1 Å². The van der Waals surface area contributed by atoms with Crippen molar-refractivity contribution in [3.63, 3.8) is 0 Å². The maximum atomic E-state index is 5.24. The van der Waals surface area contributed by atoms with Gasteiger partial charge < -0.3 is 9.64 Å².